The van der Waals surface area contributed by atoms with E-state index < -0.39 is 21.5 Å². The van der Waals surface area contributed by atoms with Gasteiger partial charge in [0.1, 0.15) is 17.4 Å². The van der Waals surface area contributed by atoms with Gasteiger partial charge in [-0.1, -0.05) is 6.92 Å². The van der Waals surface area contributed by atoms with Crippen LogP contribution in [-0.4, -0.2) is 44.2 Å². The molecule has 0 spiro atoms. The number of hydrogen-bond donors (Lipinski definition) is 0. The zero-order valence-corrected chi connectivity index (χ0v) is 18.3. The molecule has 1 saturated carbocycles. The Kier molecular flexibility index (Phi) is 6.57. The van der Waals surface area contributed by atoms with Gasteiger partial charge < -0.3 is 9.47 Å². The summed E-state index contributed by atoms with van der Waals surface area (Å²) in [7, 11) is -3.03. The number of halogens is 2. The molecule has 8 heteroatoms. The zero-order chi connectivity index (χ0) is 22.0. The van der Waals surface area contributed by atoms with Crippen molar-refractivity contribution in [2.75, 3.05) is 25.6 Å². The summed E-state index contributed by atoms with van der Waals surface area (Å²) in [6.07, 6.45) is 3.40. The van der Waals surface area contributed by atoms with Crippen LogP contribution in [0.1, 0.15) is 26.2 Å². The molecular weight excluding hydrogens is 424 g/mol. The lowest BCUT2D eigenvalue weighted by molar-refractivity contribution is -0.0166. The Morgan fingerprint density at radius 1 is 1.19 bits per heavy atom. The van der Waals surface area contributed by atoms with E-state index in [1.165, 1.54) is 18.2 Å². The molecule has 1 saturated heterocycles. The SMILES string of the molecule is CC(CS(=O)(=O)C1CC1)C1CCOCC1COc1ccc(-c2ccc(F)cn2)c(F)c1. The van der Waals surface area contributed by atoms with Gasteiger partial charge in [0.15, 0.2) is 9.84 Å². The first-order valence-corrected chi connectivity index (χ1v) is 12.4. The third-order valence-electron chi connectivity index (χ3n) is 6.20. The third kappa shape index (κ3) is 5.41. The second-order valence-corrected chi connectivity index (χ2v) is 10.9. The number of sulfone groups is 1. The minimum absolute atomic E-state index is 0.0202. The summed E-state index contributed by atoms with van der Waals surface area (Å²) in [5.41, 5.74) is 0.613. The highest BCUT2D eigenvalue weighted by molar-refractivity contribution is 7.92. The van der Waals surface area contributed by atoms with Crippen molar-refractivity contribution < 1.29 is 26.7 Å². The van der Waals surface area contributed by atoms with Crippen molar-refractivity contribution in [1.82, 2.24) is 4.98 Å². The molecule has 1 aromatic carbocycles. The van der Waals surface area contributed by atoms with Gasteiger partial charge in [-0.3, -0.25) is 4.98 Å². The van der Waals surface area contributed by atoms with Crippen molar-refractivity contribution in [3.05, 3.63) is 48.2 Å². The Hall–Kier alpha value is -2.06. The molecule has 31 heavy (non-hydrogen) atoms. The molecule has 3 atom stereocenters. The van der Waals surface area contributed by atoms with Crippen LogP contribution in [-0.2, 0) is 14.6 Å². The standard InChI is InChI=1S/C23H27F2NO4S/c1-15(14-31(27,28)19-4-5-19)20-8-9-29-12-16(20)13-30-18-3-6-21(22(25)10-18)23-7-2-17(24)11-26-23/h2-3,6-7,10-11,15-16,19-20H,4-5,8-9,12-14H2,1H3. The maximum Gasteiger partial charge on any atom is 0.153 e. The first-order valence-electron chi connectivity index (χ1n) is 10.7. The van der Waals surface area contributed by atoms with Gasteiger partial charge in [0.25, 0.3) is 0 Å². The first-order chi connectivity index (χ1) is 14.8. The predicted octanol–water partition coefficient (Wildman–Crippen LogP) is 4.27. The Morgan fingerprint density at radius 3 is 2.68 bits per heavy atom. The number of nitrogens with zero attached hydrogens (tertiary/aromatic N) is 1. The highest BCUT2D eigenvalue weighted by atomic mass is 32.2. The van der Waals surface area contributed by atoms with Crippen molar-refractivity contribution in [3.63, 3.8) is 0 Å². The molecule has 2 heterocycles. The average molecular weight is 452 g/mol. The maximum absolute atomic E-state index is 14.6. The topological polar surface area (TPSA) is 65.5 Å². The molecule has 0 N–H and O–H groups in total. The van der Waals surface area contributed by atoms with Gasteiger partial charge in [0.2, 0.25) is 0 Å². The van der Waals surface area contributed by atoms with E-state index in [-0.39, 0.29) is 34.3 Å². The highest BCUT2D eigenvalue weighted by Gasteiger charge is 2.39. The van der Waals surface area contributed by atoms with Crippen molar-refractivity contribution in [1.29, 1.82) is 0 Å². The second-order valence-electron chi connectivity index (χ2n) is 8.61. The molecule has 5 nitrogen and oxygen atoms in total. The van der Waals surface area contributed by atoms with Crippen LogP contribution < -0.4 is 4.74 Å². The molecule has 1 aromatic heterocycles. The average Bonchev–Trinajstić information content (AvgIpc) is 3.59. The molecule has 2 aromatic rings. The predicted molar refractivity (Wildman–Crippen MR) is 113 cm³/mol. The highest BCUT2D eigenvalue weighted by Crippen LogP contribution is 2.35. The van der Waals surface area contributed by atoms with Gasteiger partial charge in [-0.2, -0.15) is 0 Å². The van der Waals surface area contributed by atoms with Crippen LogP contribution in [0.3, 0.4) is 0 Å². The van der Waals surface area contributed by atoms with Crippen LogP contribution in [0.15, 0.2) is 36.5 Å². The molecule has 1 aliphatic carbocycles. The van der Waals surface area contributed by atoms with E-state index in [0.717, 1.165) is 25.5 Å². The van der Waals surface area contributed by atoms with Crippen LogP contribution in [0.2, 0.25) is 0 Å². The Labute approximate surface area is 181 Å². The number of benzene rings is 1. The van der Waals surface area contributed by atoms with Crippen molar-refractivity contribution in [3.8, 4) is 17.0 Å². The number of hydrogen-bond acceptors (Lipinski definition) is 5. The number of ether oxygens (including phenoxy) is 2. The Bertz CT molecular complexity index is 1010. The zero-order valence-electron chi connectivity index (χ0n) is 17.5. The normalized spacial score (nSPS) is 22.8. The van der Waals surface area contributed by atoms with Gasteiger partial charge in [0.05, 0.1) is 36.1 Å². The van der Waals surface area contributed by atoms with E-state index in [0.29, 0.717) is 31.3 Å². The van der Waals surface area contributed by atoms with E-state index in [9.17, 15) is 17.2 Å². The molecule has 4 rings (SSSR count). The van der Waals surface area contributed by atoms with Crippen molar-refractivity contribution in [2.24, 2.45) is 17.8 Å². The number of aromatic nitrogens is 1. The third-order valence-corrected chi connectivity index (χ3v) is 8.68. The molecule has 0 radical (unpaired) electrons. The number of rotatable bonds is 8. The lowest BCUT2D eigenvalue weighted by Gasteiger charge is -2.35. The molecule has 1 aliphatic heterocycles. The van der Waals surface area contributed by atoms with Crippen LogP contribution in [0, 0.1) is 29.4 Å². The molecule has 0 amide bonds. The summed E-state index contributed by atoms with van der Waals surface area (Å²) in [4.78, 5) is 3.91. The second kappa shape index (κ2) is 9.20. The lowest BCUT2D eigenvalue weighted by atomic mass is 9.80. The van der Waals surface area contributed by atoms with Crippen LogP contribution in [0.4, 0.5) is 8.78 Å². The van der Waals surface area contributed by atoms with Crippen molar-refractivity contribution in [2.45, 2.75) is 31.4 Å². The molecule has 2 aliphatic rings. The van der Waals surface area contributed by atoms with E-state index in [4.69, 9.17) is 9.47 Å². The molecule has 0 bridgehead atoms. The fraction of sp³-hybridized carbons (Fsp3) is 0.522. The van der Waals surface area contributed by atoms with Crippen LogP contribution >= 0.6 is 0 Å². The molecule has 168 valence electrons. The van der Waals surface area contributed by atoms with E-state index in [1.54, 1.807) is 12.1 Å². The fourth-order valence-corrected chi connectivity index (χ4v) is 6.43. The summed E-state index contributed by atoms with van der Waals surface area (Å²) < 4.78 is 63.9. The minimum Gasteiger partial charge on any atom is -0.493 e. The van der Waals surface area contributed by atoms with Gasteiger partial charge >= 0.3 is 0 Å². The summed E-state index contributed by atoms with van der Waals surface area (Å²) in [6.45, 7) is 3.43. The minimum atomic E-state index is -3.03. The summed E-state index contributed by atoms with van der Waals surface area (Å²) in [5, 5.41) is -0.151. The van der Waals surface area contributed by atoms with Crippen LogP contribution in [0.5, 0.6) is 5.75 Å². The molecule has 2 fully saturated rings. The largest absolute Gasteiger partial charge is 0.493 e. The quantitative estimate of drug-likeness (QED) is 0.600. The van der Waals surface area contributed by atoms with E-state index >= 15 is 0 Å². The fourth-order valence-electron chi connectivity index (χ4n) is 4.32. The number of pyridine rings is 1. The van der Waals surface area contributed by atoms with Gasteiger partial charge in [-0.25, -0.2) is 17.2 Å². The van der Waals surface area contributed by atoms with E-state index in [2.05, 4.69) is 4.98 Å². The Balaban J connectivity index is 1.39. The maximum atomic E-state index is 14.6. The van der Waals surface area contributed by atoms with Gasteiger partial charge in [-0.05, 0) is 55.4 Å². The molecule has 3 unspecified atom stereocenters. The van der Waals surface area contributed by atoms with Crippen molar-refractivity contribution >= 4 is 9.84 Å². The van der Waals surface area contributed by atoms with Crippen LogP contribution in [0.25, 0.3) is 11.3 Å². The van der Waals surface area contributed by atoms with Gasteiger partial charge in [0, 0.05) is 24.2 Å². The summed E-state index contributed by atoms with van der Waals surface area (Å²) in [5.74, 6) is -0.163. The van der Waals surface area contributed by atoms with Gasteiger partial charge in [-0.15, -0.1) is 0 Å². The lowest BCUT2D eigenvalue weighted by Crippen LogP contribution is -2.38. The molecular formula is C23H27F2NO4S. The Morgan fingerprint density at radius 2 is 2.00 bits per heavy atom. The smallest absolute Gasteiger partial charge is 0.153 e. The first kappa shape index (κ1) is 22.1. The summed E-state index contributed by atoms with van der Waals surface area (Å²) >= 11 is 0. The summed E-state index contributed by atoms with van der Waals surface area (Å²) in [6, 6.07) is 7.17. The van der Waals surface area contributed by atoms with E-state index in [1.807, 2.05) is 6.92 Å². The monoisotopic (exact) mass is 451 g/mol.